The first kappa shape index (κ1) is 23.8. The van der Waals surface area contributed by atoms with E-state index in [4.69, 9.17) is 14.6 Å². The second kappa shape index (κ2) is 10.7. The highest BCUT2D eigenvalue weighted by Crippen LogP contribution is 2.44. The Balaban J connectivity index is 1.29. The molecule has 4 rings (SSSR count). The van der Waals surface area contributed by atoms with Gasteiger partial charge in [0.05, 0.1) is 6.42 Å². The molecule has 1 fully saturated rings. The fraction of sp³-hybridized carbons (Fsp3) is 0.423. The summed E-state index contributed by atoms with van der Waals surface area (Å²) in [6.07, 6.45) is -0.273. The van der Waals surface area contributed by atoms with Crippen LogP contribution >= 0.6 is 0 Å². The first-order valence-electron chi connectivity index (χ1n) is 11.7. The molecular weight excluding hydrogens is 436 g/mol. The Hall–Kier alpha value is -3.39. The molecule has 2 aromatic rings. The number of ether oxygens (including phenoxy) is 2. The third-order valence-corrected chi connectivity index (χ3v) is 6.59. The lowest BCUT2D eigenvalue weighted by molar-refractivity contribution is -0.138. The molecule has 34 heavy (non-hydrogen) atoms. The van der Waals surface area contributed by atoms with Gasteiger partial charge in [-0.2, -0.15) is 0 Å². The van der Waals surface area contributed by atoms with Crippen LogP contribution in [-0.4, -0.2) is 55.0 Å². The summed E-state index contributed by atoms with van der Waals surface area (Å²) in [5.74, 6) is -1.53. The Morgan fingerprint density at radius 1 is 1.09 bits per heavy atom. The molecule has 0 spiro atoms. The van der Waals surface area contributed by atoms with E-state index in [0.717, 1.165) is 22.3 Å². The molecular formula is C26H30N2O6. The van der Waals surface area contributed by atoms with Crippen LogP contribution < -0.4 is 10.6 Å². The number of hydrogen-bond donors (Lipinski definition) is 3. The second-order valence-electron chi connectivity index (χ2n) is 8.76. The SMILES string of the molecule is CC[C@@H](CC(=O)O)NC(=O)C1OCCC1CNC(=O)OCC1c2ccccc2-c2ccccc21. The zero-order valence-corrected chi connectivity index (χ0v) is 19.2. The number of carbonyl (C=O) groups excluding carboxylic acids is 2. The van der Waals surface area contributed by atoms with Gasteiger partial charge in [0.1, 0.15) is 12.7 Å². The van der Waals surface area contributed by atoms with Crippen LogP contribution in [0.2, 0.25) is 0 Å². The predicted molar refractivity (Wildman–Crippen MR) is 125 cm³/mol. The zero-order chi connectivity index (χ0) is 24.1. The van der Waals surface area contributed by atoms with Crippen LogP contribution in [0.25, 0.3) is 11.1 Å². The van der Waals surface area contributed by atoms with Gasteiger partial charge in [-0.25, -0.2) is 4.79 Å². The third kappa shape index (κ3) is 5.22. The topological polar surface area (TPSA) is 114 Å². The molecule has 1 aliphatic carbocycles. The van der Waals surface area contributed by atoms with Gasteiger partial charge in [0.2, 0.25) is 5.91 Å². The van der Waals surface area contributed by atoms with Crippen LogP contribution in [0, 0.1) is 5.92 Å². The summed E-state index contributed by atoms with van der Waals surface area (Å²) in [6.45, 7) is 2.69. The smallest absolute Gasteiger partial charge is 0.407 e. The molecule has 3 atom stereocenters. The highest BCUT2D eigenvalue weighted by atomic mass is 16.5. The van der Waals surface area contributed by atoms with Gasteiger partial charge in [0.25, 0.3) is 0 Å². The molecule has 0 saturated carbocycles. The molecule has 2 aliphatic rings. The van der Waals surface area contributed by atoms with Crippen LogP contribution in [0.4, 0.5) is 4.79 Å². The number of carbonyl (C=O) groups is 3. The fourth-order valence-electron chi connectivity index (χ4n) is 4.79. The maximum atomic E-state index is 12.6. The van der Waals surface area contributed by atoms with Crippen molar-refractivity contribution >= 4 is 18.0 Å². The number of benzene rings is 2. The largest absolute Gasteiger partial charge is 0.481 e. The highest BCUT2D eigenvalue weighted by molar-refractivity contribution is 5.82. The Bertz CT molecular complexity index is 1010. The van der Waals surface area contributed by atoms with Gasteiger partial charge in [-0.05, 0) is 35.1 Å². The lowest BCUT2D eigenvalue weighted by Gasteiger charge is -2.22. The lowest BCUT2D eigenvalue weighted by Crippen LogP contribution is -2.46. The maximum Gasteiger partial charge on any atom is 0.407 e. The van der Waals surface area contributed by atoms with Crippen molar-refractivity contribution in [1.82, 2.24) is 10.6 Å². The summed E-state index contributed by atoms with van der Waals surface area (Å²) >= 11 is 0. The standard InChI is InChI=1S/C26H30N2O6/c1-2-17(13-23(29)30)28-25(31)24-16(11-12-33-24)14-27-26(32)34-15-22-20-9-5-3-7-18(20)19-8-4-6-10-21(19)22/h3-10,16-17,22,24H,2,11-15H2,1H3,(H,27,32)(H,28,31)(H,29,30)/t16?,17-,24?/m0/s1. The molecule has 0 aromatic heterocycles. The average Bonchev–Trinajstić information content (AvgIpc) is 3.43. The molecule has 1 heterocycles. The Labute approximate surface area is 198 Å². The number of aliphatic carboxylic acids is 1. The van der Waals surface area contributed by atoms with E-state index in [0.29, 0.717) is 19.4 Å². The van der Waals surface area contributed by atoms with E-state index in [1.807, 2.05) is 31.2 Å². The van der Waals surface area contributed by atoms with Crippen molar-refractivity contribution < 1.29 is 29.0 Å². The van der Waals surface area contributed by atoms with Crippen molar-refractivity contribution in [2.24, 2.45) is 5.92 Å². The number of nitrogens with one attached hydrogen (secondary N) is 2. The molecule has 8 nitrogen and oxygen atoms in total. The third-order valence-electron chi connectivity index (χ3n) is 6.59. The van der Waals surface area contributed by atoms with Crippen LogP contribution in [0.3, 0.4) is 0 Å². The van der Waals surface area contributed by atoms with Gasteiger partial charge in [0, 0.05) is 31.0 Å². The number of fused-ring (bicyclic) bond motifs is 3. The van der Waals surface area contributed by atoms with Gasteiger partial charge in [-0.3, -0.25) is 9.59 Å². The molecule has 3 N–H and O–H groups in total. The monoisotopic (exact) mass is 466 g/mol. The molecule has 2 aromatic carbocycles. The maximum absolute atomic E-state index is 12.6. The number of carboxylic acids is 1. The van der Waals surface area contributed by atoms with Crippen molar-refractivity contribution in [1.29, 1.82) is 0 Å². The van der Waals surface area contributed by atoms with E-state index >= 15 is 0 Å². The van der Waals surface area contributed by atoms with Crippen LogP contribution in [0.15, 0.2) is 48.5 Å². The van der Waals surface area contributed by atoms with E-state index < -0.39 is 24.2 Å². The molecule has 0 radical (unpaired) electrons. The van der Waals surface area contributed by atoms with Gasteiger partial charge in [-0.15, -0.1) is 0 Å². The number of rotatable bonds is 9. The van der Waals surface area contributed by atoms with Gasteiger partial charge in [0.15, 0.2) is 0 Å². The van der Waals surface area contributed by atoms with Gasteiger partial charge in [-0.1, -0.05) is 55.5 Å². The summed E-state index contributed by atoms with van der Waals surface area (Å²) in [7, 11) is 0. The molecule has 8 heteroatoms. The van der Waals surface area contributed by atoms with E-state index in [9.17, 15) is 14.4 Å². The Morgan fingerprint density at radius 2 is 1.74 bits per heavy atom. The van der Waals surface area contributed by atoms with Gasteiger partial charge >= 0.3 is 12.1 Å². The molecule has 180 valence electrons. The van der Waals surface area contributed by atoms with Crippen LogP contribution in [-0.2, 0) is 19.1 Å². The summed E-state index contributed by atoms with van der Waals surface area (Å²) in [5, 5.41) is 14.5. The van der Waals surface area contributed by atoms with E-state index in [-0.39, 0.29) is 37.3 Å². The number of hydrogen-bond acceptors (Lipinski definition) is 5. The first-order valence-corrected chi connectivity index (χ1v) is 11.7. The minimum atomic E-state index is -0.965. The van der Waals surface area contributed by atoms with Crippen molar-refractivity contribution in [2.75, 3.05) is 19.8 Å². The highest BCUT2D eigenvalue weighted by Gasteiger charge is 2.35. The quantitative estimate of drug-likeness (QED) is 0.523. The van der Waals surface area contributed by atoms with Crippen molar-refractivity contribution in [2.45, 2.75) is 44.2 Å². The second-order valence-corrected chi connectivity index (χ2v) is 8.76. The summed E-state index contributed by atoms with van der Waals surface area (Å²) < 4.78 is 11.1. The molecule has 2 unspecified atom stereocenters. The summed E-state index contributed by atoms with van der Waals surface area (Å²) in [5.41, 5.74) is 4.61. The molecule has 1 saturated heterocycles. The van der Waals surface area contributed by atoms with E-state index in [1.54, 1.807) is 0 Å². The van der Waals surface area contributed by atoms with Crippen molar-refractivity contribution in [3.8, 4) is 11.1 Å². The molecule has 1 aliphatic heterocycles. The Kier molecular flexibility index (Phi) is 7.47. The fourth-order valence-corrected chi connectivity index (χ4v) is 4.79. The summed E-state index contributed by atoms with van der Waals surface area (Å²) in [6, 6.07) is 15.8. The van der Waals surface area contributed by atoms with Crippen molar-refractivity contribution in [3.63, 3.8) is 0 Å². The minimum Gasteiger partial charge on any atom is -0.481 e. The van der Waals surface area contributed by atoms with E-state index in [2.05, 4.69) is 34.9 Å². The first-order chi connectivity index (χ1) is 16.5. The lowest BCUT2D eigenvalue weighted by atomic mass is 9.98. The normalized spacial score (nSPS) is 19.7. The minimum absolute atomic E-state index is 0.0216. The van der Waals surface area contributed by atoms with Crippen LogP contribution in [0.5, 0.6) is 0 Å². The number of carboxylic acid groups (broad SMARTS) is 1. The average molecular weight is 467 g/mol. The summed E-state index contributed by atoms with van der Waals surface area (Å²) in [4.78, 5) is 36.0. The van der Waals surface area contributed by atoms with Gasteiger partial charge < -0.3 is 25.2 Å². The van der Waals surface area contributed by atoms with Crippen molar-refractivity contribution in [3.05, 3.63) is 59.7 Å². The Morgan fingerprint density at radius 3 is 2.35 bits per heavy atom. The van der Waals surface area contributed by atoms with Crippen LogP contribution in [0.1, 0.15) is 43.2 Å². The molecule has 2 amide bonds. The number of alkyl carbamates (subject to hydrolysis) is 1. The zero-order valence-electron chi connectivity index (χ0n) is 19.2. The van der Waals surface area contributed by atoms with E-state index in [1.165, 1.54) is 0 Å². The predicted octanol–water partition coefficient (Wildman–Crippen LogP) is 3.30. The number of amides is 2. The molecule has 0 bridgehead atoms.